The zero-order chi connectivity index (χ0) is 10.3. The first-order valence-electron chi connectivity index (χ1n) is 5.21. The molecule has 1 aromatic carbocycles. The van der Waals surface area contributed by atoms with E-state index < -0.39 is 0 Å². The normalized spacial score (nSPS) is 20.6. The molecule has 1 saturated heterocycles. The third-order valence-electron chi connectivity index (χ3n) is 2.94. The molecule has 3 rings (SSSR count). The summed E-state index contributed by atoms with van der Waals surface area (Å²) in [6.45, 7) is 1.66. The predicted octanol–water partition coefficient (Wildman–Crippen LogP) is 1.37. The minimum absolute atomic E-state index is 0.401. The summed E-state index contributed by atoms with van der Waals surface area (Å²) in [5, 5.41) is 0. The highest BCUT2D eigenvalue weighted by atomic mass is 16.4. The van der Waals surface area contributed by atoms with Crippen molar-refractivity contribution in [2.24, 2.45) is 5.73 Å². The summed E-state index contributed by atoms with van der Waals surface area (Å²) in [4.78, 5) is 6.56. The molecule has 0 aliphatic carbocycles. The lowest BCUT2D eigenvalue weighted by atomic mass is 10.1. The lowest BCUT2D eigenvalue weighted by molar-refractivity contribution is 0.411. The van der Waals surface area contributed by atoms with Crippen LogP contribution in [0.4, 0.5) is 6.01 Å². The van der Waals surface area contributed by atoms with Gasteiger partial charge < -0.3 is 15.1 Å². The lowest BCUT2D eigenvalue weighted by Crippen LogP contribution is -2.52. The van der Waals surface area contributed by atoms with E-state index in [4.69, 9.17) is 10.2 Å². The number of nitrogens with zero attached hydrogens (tertiary/aromatic N) is 2. The van der Waals surface area contributed by atoms with E-state index in [2.05, 4.69) is 9.88 Å². The van der Waals surface area contributed by atoms with E-state index in [-0.39, 0.29) is 0 Å². The van der Waals surface area contributed by atoms with Gasteiger partial charge in [0.15, 0.2) is 5.58 Å². The molecule has 1 aliphatic heterocycles. The number of rotatable bonds is 2. The molecule has 0 saturated carbocycles. The first-order valence-corrected chi connectivity index (χ1v) is 5.21. The van der Waals surface area contributed by atoms with Gasteiger partial charge in [0.1, 0.15) is 5.52 Å². The van der Waals surface area contributed by atoms with Crippen molar-refractivity contribution in [2.75, 3.05) is 18.0 Å². The molecule has 1 unspecified atom stereocenters. The molecule has 2 heterocycles. The van der Waals surface area contributed by atoms with E-state index in [0.29, 0.717) is 18.6 Å². The monoisotopic (exact) mass is 203 g/mol. The standard InChI is InChI=1S/C11H13N3O/c12-7-8-5-6-14(8)11-13-9-3-1-2-4-10(9)15-11/h1-4,8H,5-7,12H2. The molecule has 0 spiro atoms. The molecular weight excluding hydrogens is 190 g/mol. The van der Waals surface area contributed by atoms with E-state index >= 15 is 0 Å². The van der Waals surface area contributed by atoms with Gasteiger partial charge in [0.05, 0.1) is 0 Å². The van der Waals surface area contributed by atoms with Gasteiger partial charge in [-0.1, -0.05) is 12.1 Å². The molecular formula is C11H13N3O. The number of anilines is 1. The Balaban J connectivity index is 1.98. The quantitative estimate of drug-likeness (QED) is 0.800. The highest BCUT2D eigenvalue weighted by Crippen LogP contribution is 2.28. The van der Waals surface area contributed by atoms with Crippen molar-refractivity contribution in [1.82, 2.24) is 4.98 Å². The zero-order valence-electron chi connectivity index (χ0n) is 8.39. The third-order valence-corrected chi connectivity index (χ3v) is 2.94. The van der Waals surface area contributed by atoms with E-state index in [1.165, 1.54) is 0 Å². The summed E-state index contributed by atoms with van der Waals surface area (Å²) < 4.78 is 5.66. The summed E-state index contributed by atoms with van der Waals surface area (Å²) in [7, 11) is 0. The Morgan fingerprint density at radius 2 is 2.33 bits per heavy atom. The molecule has 0 bridgehead atoms. The zero-order valence-corrected chi connectivity index (χ0v) is 8.39. The van der Waals surface area contributed by atoms with Crippen LogP contribution in [-0.2, 0) is 0 Å². The van der Waals surface area contributed by atoms with Crippen molar-refractivity contribution in [3.05, 3.63) is 24.3 Å². The van der Waals surface area contributed by atoms with Gasteiger partial charge in [-0.05, 0) is 18.6 Å². The van der Waals surface area contributed by atoms with Crippen LogP contribution in [-0.4, -0.2) is 24.1 Å². The highest BCUT2D eigenvalue weighted by Gasteiger charge is 2.30. The lowest BCUT2D eigenvalue weighted by Gasteiger charge is -2.38. The summed E-state index contributed by atoms with van der Waals surface area (Å²) in [6, 6.07) is 8.91. The van der Waals surface area contributed by atoms with Crippen molar-refractivity contribution in [1.29, 1.82) is 0 Å². The van der Waals surface area contributed by atoms with Crippen LogP contribution in [0, 0.1) is 0 Å². The fourth-order valence-corrected chi connectivity index (χ4v) is 1.92. The molecule has 0 amide bonds. The first kappa shape index (κ1) is 8.73. The van der Waals surface area contributed by atoms with Gasteiger partial charge in [-0.15, -0.1) is 0 Å². The summed E-state index contributed by atoms with van der Waals surface area (Å²) in [5.41, 5.74) is 7.40. The van der Waals surface area contributed by atoms with E-state index in [0.717, 1.165) is 24.1 Å². The van der Waals surface area contributed by atoms with E-state index in [9.17, 15) is 0 Å². The highest BCUT2D eigenvalue weighted by molar-refractivity contribution is 5.74. The molecule has 1 fully saturated rings. The first-order chi connectivity index (χ1) is 7.38. The second-order valence-corrected chi connectivity index (χ2v) is 3.84. The molecule has 15 heavy (non-hydrogen) atoms. The largest absolute Gasteiger partial charge is 0.423 e. The number of nitrogens with two attached hydrogens (primary N) is 1. The summed E-state index contributed by atoms with van der Waals surface area (Å²) in [5.74, 6) is 0. The van der Waals surface area contributed by atoms with Crippen molar-refractivity contribution in [3.63, 3.8) is 0 Å². The van der Waals surface area contributed by atoms with E-state index in [1.54, 1.807) is 0 Å². The predicted molar refractivity (Wildman–Crippen MR) is 58.8 cm³/mol. The number of para-hydroxylation sites is 2. The Kier molecular flexibility index (Phi) is 1.89. The topological polar surface area (TPSA) is 55.3 Å². The summed E-state index contributed by atoms with van der Waals surface area (Å²) >= 11 is 0. The van der Waals surface area contributed by atoms with E-state index in [1.807, 2.05) is 24.3 Å². The van der Waals surface area contributed by atoms with Crippen LogP contribution in [0.5, 0.6) is 0 Å². The van der Waals surface area contributed by atoms with Crippen molar-refractivity contribution in [2.45, 2.75) is 12.5 Å². The van der Waals surface area contributed by atoms with Crippen molar-refractivity contribution >= 4 is 17.1 Å². The van der Waals surface area contributed by atoms with Crippen LogP contribution < -0.4 is 10.6 Å². The number of fused-ring (bicyclic) bond motifs is 1. The minimum Gasteiger partial charge on any atom is -0.423 e. The Morgan fingerprint density at radius 1 is 1.47 bits per heavy atom. The van der Waals surface area contributed by atoms with Crippen molar-refractivity contribution in [3.8, 4) is 0 Å². The second kappa shape index (κ2) is 3.24. The van der Waals surface area contributed by atoms with Crippen LogP contribution >= 0.6 is 0 Å². The molecule has 78 valence electrons. The van der Waals surface area contributed by atoms with Gasteiger partial charge in [0, 0.05) is 19.1 Å². The molecule has 0 radical (unpaired) electrons. The van der Waals surface area contributed by atoms with Crippen LogP contribution in [0.3, 0.4) is 0 Å². The number of hydrogen-bond donors (Lipinski definition) is 1. The SMILES string of the molecule is NCC1CCN1c1nc2ccccc2o1. The molecule has 2 aromatic rings. The minimum atomic E-state index is 0.401. The van der Waals surface area contributed by atoms with Crippen LogP contribution in [0.1, 0.15) is 6.42 Å². The van der Waals surface area contributed by atoms with Gasteiger partial charge in [-0.25, -0.2) is 0 Å². The van der Waals surface area contributed by atoms with Gasteiger partial charge in [0.2, 0.25) is 0 Å². The molecule has 1 aromatic heterocycles. The van der Waals surface area contributed by atoms with Crippen LogP contribution in [0.2, 0.25) is 0 Å². The average molecular weight is 203 g/mol. The number of hydrogen-bond acceptors (Lipinski definition) is 4. The molecule has 2 N–H and O–H groups in total. The van der Waals surface area contributed by atoms with Crippen LogP contribution in [0.25, 0.3) is 11.1 Å². The smallest absolute Gasteiger partial charge is 0.298 e. The maximum Gasteiger partial charge on any atom is 0.298 e. The van der Waals surface area contributed by atoms with Gasteiger partial charge in [-0.3, -0.25) is 0 Å². The molecule has 4 nitrogen and oxygen atoms in total. The molecule has 1 aliphatic rings. The Bertz CT molecular complexity index is 444. The number of aromatic nitrogens is 1. The number of benzene rings is 1. The summed E-state index contributed by atoms with van der Waals surface area (Å²) in [6.07, 6.45) is 1.13. The van der Waals surface area contributed by atoms with Gasteiger partial charge in [0.25, 0.3) is 6.01 Å². The number of oxazole rings is 1. The second-order valence-electron chi connectivity index (χ2n) is 3.84. The van der Waals surface area contributed by atoms with Crippen molar-refractivity contribution < 1.29 is 4.42 Å². The average Bonchev–Trinajstić information content (AvgIpc) is 2.59. The maximum atomic E-state index is 5.66. The third kappa shape index (κ3) is 1.29. The van der Waals surface area contributed by atoms with Crippen LogP contribution in [0.15, 0.2) is 28.7 Å². The van der Waals surface area contributed by atoms with Gasteiger partial charge in [-0.2, -0.15) is 4.98 Å². The maximum absolute atomic E-state index is 5.66. The fourth-order valence-electron chi connectivity index (χ4n) is 1.92. The Hall–Kier alpha value is -1.55. The Labute approximate surface area is 87.7 Å². The Morgan fingerprint density at radius 3 is 3.00 bits per heavy atom. The molecule has 4 heteroatoms. The molecule has 1 atom stereocenters. The van der Waals surface area contributed by atoms with Gasteiger partial charge >= 0.3 is 0 Å². The fraction of sp³-hybridized carbons (Fsp3) is 0.364.